The van der Waals surface area contributed by atoms with Crippen molar-refractivity contribution in [3.05, 3.63) is 35.4 Å². The van der Waals surface area contributed by atoms with Gasteiger partial charge in [-0.2, -0.15) is 0 Å². The largest absolute Gasteiger partial charge is 0.465 e. The second kappa shape index (κ2) is 5.65. The van der Waals surface area contributed by atoms with Crippen LogP contribution in [0.4, 0.5) is 0 Å². The van der Waals surface area contributed by atoms with Crippen LogP contribution in [-0.4, -0.2) is 25.2 Å². The Labute approximate surface area is 119 Å². The Morgan fingerprint density at radius 3 is 2.05 bits per heavy atom. The monoisotopic (exact) mass is 276 g/mol. The van der Waals surface area contributed by atoms with E-state index in [1.165, 1.54) is 0 Å². The minimum Gasteiger partial charge on any atom is -0.465 e. The summed E-state index contributed by atoms with van der Waals surface area (Å²) in [5.41, 5.74) is 0.991. The summed E-state index contributed by atoms with van der Waals surface area (Å²) in [7, 11) is 0. The zero-order valence-electron chi connectivity index (χ0n) is 12.1. The summed E-state index contributed by atoms with van der Waals surface area (Å²) in [4.78, 5) is 24.3. The van der Waals surface area contributed by atoms with Crippen LogP contribution in [0.1, 0.15) is 37.3 Å². The van der Waals surface area contributed by atoms with Gasteiger partial charge in [-0.25, -0.2) is 0 Å². The topological polar surface area (TPSA) is 52.6 Å². The van der Waals surface area contributed by atoms with Gasteiger partial charge in [-0.1, -0.05) is 29.8 Å². The van der Waals surface area contributed by atoms with E-state index in [1.54, 1.807) is 13.8 Å². The standard InChI is InChI=1S/C16H20O4/c1-4-19-14(17)16(15(18)20-5-2)10-13(16)12-8-6-11(3)7-9-12/h6-9,13H,4-5,10H2,1-3H3. The maximum atomic E-state index is 12.2. The predicted octanol–water partition coefficient (Wildman–Crippen LogP) is 2.59. The minimum atomic E-state index is -1.14. The molecule has 1 atom stereocenters. The number of hydrogen-bond acceptors (Lipinski definition) is 4. The molecule has 1 fully saturated rings. The van der Waals surface area contributed by atoms with Crippen molar-refractivity contribution in [2.75, 3.05) is 13.2 Å². The van der Waals surface area contributed by atoms with Gasteiger partial charge in [0.15, 0.2) is 5.41 Å². The molecule has 4 heteroatoms. The van der Waals surface area contributed by atoms with Gasteiger partial charge >= 0.3 is 11.9 Å². The number of esters is 2. The number of carbonyl (C=O) groups excluding carboxylic acids is 2. The Balaban J connectivity index is 2.25. The first kappa shape index (κ1) is 14.6. The molecule has 1 aromatic rings. The van der Waals surface area contributed by atoms with Crippen molar-refractivity contribution in [1.29, 1.82) is 0 Å². The van der Waals surface area contributed by atoms with Gasteiger partial charge in [0.1, 0.15) is 0 Å². The predicted molar refractivity (Wildman–Crippen MR) is 74.2 cm³/mol. The second-order valence-corrected chi connectivity index (χ2v) is 5.08. The van der Waals surface area contributed by atoms with E-state index in [4.69, 9.17) is 9.47 Å². The first-order chi connectivity index (χ1) is 9.56. The smallest absolute Gasteiger partial charge is 0.324 e. The summed E-state index contributed by atoms with van der Waals surface area (Å²) in [5.74, 6) is -1.07. The molecule has 0 bridgehead atoms. The molecule has 0 heterocycles. The van der Waals surface area contributed by atoms with Crippen molar-refractivity contribution in [3.8, 4) is 0 Å². The van der Waals surface area contributed by atoms with Crippen LogP contribution in [-0.2, 0) is 19.1 Å². The van der Waals surface area contributed by atoms with Gasteiger partial charge in [0, 0.05) is 5.92 Å². The summed E-state index contributed by atoms with van der Waals surface area (Å²) >= 11 is 0. The third-order valence-electron chi connectivity index (χ3n) is 3.72. The quantitative estimate of drug-likeness (QED) is 0.612. The number of aryl methyl sites for hydroxylation is 1. The van der Waals surface area contributed by atoms with E-state index in [0.717, 1.165) is 11.1 Å². The van der Waals surface area contributed by atoms with E-state index in [0.29, 0.717) is 6.42 Å². The first-order valence-corrected chi connectivity index (χ1v) is 6.97. The van der Waals surface area contributed by atoms with Crippen molar-refractivity contribution in [2.45, 2.75) is 33.1 Å². The van der Waals surface area contributed by atoms with Crippen LogP contribution in [0.25, 0.3) is 0 Å². The van der Waals surface area contributed by atoms with Gasteiger partial charge in [0.05, 0.1) is 13.2 Å². The summed E-state index contributed by atoms with van der Waals surface area (Å²) in [6, 6.07) is 7.88. The van der Waals surface area contributed by atoms with Gasteiger partial charge in [-0.3, -0.25) is 9.59 Å². The molecule has 2 rings (SSSR count). The second-order valence-electron chi connectivity index (χ2n) is 5.08. The summed E-state index contributed by atoms with van der Waals surface area (Å²) in [5, 5.41) is 0. The Hall–Kier alpha value is -1.84. The molecule has 0 spiro atoms. The highest BCUT2D eigenvalue weighted by Crippen LogP contribution is 2.60. The van der Waals surface area contributed by atoms with E-state index in [9.17, 15) is 9.59 Å². The number of ether oxygens (including phenoxy) is 2. The zero-order valence-corrected chi connectivity index (χ0v) is 12.1. The van der Waals surface area contributed by atoms with Gasteiger partial charge in [0.2, 0.25) is 0 Å². The molecule has 1 unspecified atom stereocenters. The van der Waals surface area contributed by atoms with E-state index < -0.39 is 17.4 Å². The molecular weight excluding hydrogens is 256 g/mol. The van der Waals surface area contributed by atoms with Crippen LogP contribution in [0, 0.1) is 12.3 Å². The molecule has 1 aliphatic rings. The molecule has 0 aromatic heterocycles. The van der Waals surface area contributed by atoms with Crippen molar-refractivity contribution in [1.82, 2.24) is 0 Å². The summed E-state index contributed by atoms with van der Waals surface area (Å²) in [6.07, 6.45) is 0.466. The number of hydrogen-bond donors (Lipinski definition) is 0. The summed E-state index contributed by atoms with van der Waals surface area (Å²) < 4.78 is 10.1. The first-order valence-electron chi connectivity index (χ1n) is 6.97. The highest BCUT2D eigenvalue weighted by molar-refractivity contribution is 6.05. The van der Waals surface area contributed by atoms with Crippen molar-refractivity contribution >= 4 is 11.9 Å². The summed E-state index contributed by atoms with van der Waals surface area (Å²) in [6.45, 7) is 6.00. The van der Waals surface area contributed by atoms with Gasteiger partial charge < -0.3 is 9.47 Å². The molecule has 108 valence electrons. The maximum absolute atomic E-state index is 12.2. The highest BCUT2D eigenvalue weighted by atomic mass is 16.6. The Morgan fingerprint density at radius 1 is 1.10 bits per heavy atom. The highest BCUT2D eigenvalue weighted by Gasteiger charge is 2.68. The van der Waals surface area contributed by atoms with E-state index in [-0.39, 0.29) is 19.1 Å². The molecule has 20 heavy (non-hydrogen) atoms. The minimum absolute atomic E-state index is 0.138. The SMILES string of the molecule is CCOC(=O)C1(C(=O)OCC)CC1c1ccc(C)cc1. The van der Waals surface area contributed by atoms with Crippen molar-refractivity contribution in [3.63, 3.8) is 0 Å². The third kappa shape index (κ3) is 2.42. The normalized spacial score (nSPS) is 19.2. The molecule has 0 saturated heterocycles. The zero-order chi connectivity index (χ0) is 14.8. The molecule has 0 N–H and O–H groups in total. The van der Waals surface area contributed by atoms with Crippen molar-refractivity contribution in [2.24, 2.45) is 5.41 Å². The lowest BCUT2D eigenvalue weighted by Crippen LogP contribution is -2.31. The molecule has 0 aliphatic heterocycles. The van der Waals surface area contributed by atoms with Crippen LogP contribution in [0.5, 0.6) is 0 Å². The average Bonchev–Trinajstić information content (AvgIpc) is 3.17. The van der Waals surface area contributed by atoms with Crippen LogP contribution in [0.15, 0.2) is 24.3 Å². The molecule has 0 radical (unpaired) electrons. The molecule has 1 aliphatic carbocycles. The lowest BCUT2D eigenvalue weighted by molar-refractivity contribution is -0.164. The fourth-order valence-corrected chi connectivity index (χ4v) is 2.52. The van der Waals surface area contributed by atoms with E-state index in [1.807, 2.05) is 31.2 Å². The number of benzene rings is 1. The Morgan fingerprint density at radius 2 is 1.60 bits per heavy atom. The lowest BCUT2D eigenvalue weighted by Gasteiger charge is -2.14. The number of carbonyl (C=O) groups is 2. The van der Waals surface area contributed by atoms with E-state index >= 15 is 0 Å². The average molecular weight is 276 g/mol. The fraction of sp³-hybridized carbons (Fsp3) is 0.500. The van der Waals surface area contributed by atoms with Crippen LogP contribution >= 0.6 is 0 Å². The number of rotatable bonds is 5. The van der Waals surface area contributed by atoms with Crippen LogP contribution in [0.2, 0.25) is 0 Å². The molecule has 1 aromatic carbocycles. The fourth-order valence-electron chi connectivity index (χ4n) is 2.52. The Kier molecular flexibility index (Phi) is 4.12. The van der Waals surface area contributed by atoms with Crippen LogP contribution < -0.4 is 0 Å². The molecule has 4 nitrogen and oxygen atoms in total. The van der Waals surface area contributed by atoms with Crippen molar-refractivity contribution < 1.29 is 19.1 Å². The third-order valence-corrected chi connectivity index (χ3v) is 3.72. The van der Waals surface area contributed by atoms with Gasteiger partial charge in [-0.05, 0) is 32.8 Å². The lowest BCUT2D eigenvalue weighted by atomic mass is 9.98. The van der Waals surface area contributed by atoms with Gasteiger partial charge in [-0.15, -0.1) is 0 Å². The van der Waals surface area contributed by atoms with E-state index in [2.05, 4.69) is 0 Å². The van der Waals surface area contributed by atoms with Crippen LogP contribution in [0.3, 0.4) is 0 Å². The molecule has 1 saturated carbocycles. The molecule has 0 amide bonds. The Bertz CT molecular complexity index is 486. The van der Waals surface area contributed by atoms with Gasteiger partial charge in [0.25, 0.3) is 0 Å². The maximum Gasteiger partial charge on any atom is 0.324 e. The molecular formula is C16H20O4.